The zero-order chi connectivity index (χ0) is 29.4. The molecular formula is C33H24F2N4O3. The van der Waals surface area contributed by atoms with Crippen molar-refractivity contribution < 1.29 is 23.5 Å². The van der Waals surface area contributed by atoms with E-state index in [9.17, 15) is 19.1 Å². The Bertz CT molecular complexity index is 1970. The van der Waals surface area contributed by atoms with Crippen LogP contribution < -0.4 is 5.32 Å². The summed E-state index contributed by atoms with van der Waals surface area (Å²) in [6.45, 7) is 1.82. The van der Waals surface area contributed by atoms with E-state index in [1.165, 1.54) is 35.0 Å². The van der Waals surface area contributed by atoms with Gasteiger partial charge >= 0.3 is 5.97 Å². The molecule has 0 bridgehead atoms. The minimum Gasteiger partial charge on any atom is -0.478 e. The molecular weight excluding hydrogens is 538 g/mol. The Morgan fingerprint density at radius 1 is 0.881 bits per heavy atom. The fourth-order valence-corrected chi connectivity index (χ4v) is 5.02. The largest absolute Gasteiger partial charge is 0.478 e. The lowest BCUT2D eigenvalue weighted by molar-refractivity contribution is 0.0696. The fraction of sp³-hybridized carbons (Fsp3) is 0.0909. The zero-order valence-corrected chi connectivity index (χ0v) is 22.4. The van der Waals surface area contributed by atoms with Gasteiger partial charge in [-0.15, -0.1) is 5.10 Å². The third kappa shape index (κ3) is 5.19. The SMILES string of the molecule is C[C@H](NC(=O)c1cc(-c2ccc(F)cc2)cc2nnn(Cc3cc4ccccc4cc3F)c12)c1ccc(C(=O)O)cc1. The molecule has 6 rings (SSSR count). The standard InChI is InChI=1S/C33H24F2N4O3/c1-19(20-6-8-22(9-7-20)33(41)42)36-32(40)28-15-25(21-10-12-27(34)13-11-21)17-30-31(28)39(38-37-30)18-26-14-23-4-2-3-5-24(23)16-29(26)35/h2-17,19H,18H2,1H3,(H,36,40)(H,41,42)/t19-/m0/s1. The number of carboxylic acids is 1. The number of carbonyl (C=O) groups excluding carboxylic acids is 1. The second-order valence-electron chi connectivity index (χ2n) is 10.1. The highest BCUT2D eigenvalue weighted by Gasteiger charge is 2.21. The number of nitrogens with one attached hydrogen (secondary N) is 1. The zero-order valence-electron chi connectivity index (χ0n) is 22.4. The van der Waals surface area contributed by atoms with E-state index in [0.29, 0.717) is 33.3 Å². The monoisotopic (exact) mass is 562 g/mol. The molecule has 0 aliphatic heterocycles. The lowest BCUT2D eigenvalue weighted by Gasteiger charge is -2.16. The quantitative estimate of drug-likeness (QED) is 0.224. The van der Waals surface area contributed by atoms with Crippen LogP contribution in [-0.2, 0) is 6.54 Å². The van der Waals surface area contributed by atoms with Gasteiger partial charge in [0, 0.05) is 5.56 Å². The lowest BCUT2D eigenvalue weighted by Crippen LogP contribution is -2.27. The first kappa shape index (κ1) is 26.8. The highest BCUT2D eigenvalue weighted by molar-refractivity contribution is 6.06. The molecule has 0 saturated heterocycles. The second-order valence-corrected chi connectivity index (χ2v) is 10.1. The van der Waals surface area contributed by atoms with E-state index in [1.807, 2.05) is 24.3 Å². The number of benzene rings is 5. The van der Waals surface area contributed by atoms with Gasteiger partial charge in [-0.25, -0.2) is 18.3 Å². The molecule has 6 aromatic rings. The third-order valence-corrected chi connectivity index (χ3v) is 7.27. The van der Waals surface area contributed by atoms with Gasteiger partial charge in [-0.05, 0) is 82.9 Å². The summed E-state index contributed by atoms with van der Waals surface area (Å²) in [5.41, 5.74) is 3.65. The second kappa shape index (κ2) is 10.9. The summed E-state index contributed by atoms with van der Waals surface area (Å²) in [5, 5.41) is 22.4. The topological polar surface area (TPSA) is 97.1 Å². The summed E-state index contributed by atoms with van der Waals surface area (Å²) < 4.78 is 30.2. The van der Waals surface area contributed by atoms with Gasteiger partial charge in [-0.1, -0.05) is 53.7 Å². The summed E-state index contributed by atoms with van der Waals surface area (Å²) in [4.78, 5) is 25.0. The number of carbonyl (C=O) groups is 2. The van der Waals surface area contributed by atoms with Crippen LogP contribution in [0.3, 0.4) is 0 Å². The van der Waals surface area contributed by atoms with E-state index in [4.69, 9.17) is 0 Å². The lowest BCUT2D eigenvalue weighted by atomic mass is 10.00. The van der Waals surface area contributed by atoms with Crippen LogP contribution in [0, 0.1) is 11.6 Å². The van der Waals surface area contributed by atoms with Crippen molar-refractivity contribution in [3.05, 3.63) is 131 Å². The minimum absolute atomic E-state index is 0.0372. The predicted molar refractivity (Wildman–Crippen MR) is 155 cm³/mol. The maximum absolute atomic E-state index is 15.1. The van der Waals surface area contributed by atoms with E-state index >= 15 is 4.39 Å². The smallest absolute Gasteiger partial charge is 0.335 e. The van der Waals surface area contributed by atoms with Crippen LogP contribution >= 0.6 is 0 Å². The number of fused-ring (bicyclic) bond motifs is 2. The summed E-state index contributed by atoms with van der Waals surface area (Å²) in [6, 6.07) is 25.8. The van der Waals surface area contributed by atoms with Gasteiger partial charge in [0.25, 0.3) is 5.91 Å². The number of rotatable bonds is 7. The van der Waals surface area contributed by atoms with Crippen LogP contribution in [0.2, 0.25) is 0 Å². The molecule has 1 aromatic heterocycles. The van der Waals surface area contributed by atoms with Crippen LogP contribution in [0.15, 0.2) is 97.1 Å². The minimum atomic E-state index is -1.04. The van der Waals surface area contributed by atoms with Crippen molar-refractivity contribution in [3.8, 4) is 11.1 Å². The maximum Gasteiger partial charge on any atom is 0.335 e. The molecule has 9 heteroatoms. The molecule has 0 radical (unpaired) electrons. The summed E-state index contributed by atoms with van der Waals surface area (Å²) in [5.74, 6) is -2.25. The molecule has 1 amide bonds. The number of halogens is 2. The summed E-state index contributed by atoms with van der Waals surface area (Å²) >= 11 is 0. The number of aromatic nitrogens is 3. The molecule has 208 valence electrons. The molecule has 0 aliphatic carbocycles. The highest BCUT2D eigenvalue weighted by atomic mass is 19.1. The molecule has 2 N–H and O–H groups in total. The van der Waals surface area contributed by atoms with Gasteiger partial charge in [0.15, 0.2) is 0 Å². The van der Waals surface area contributed by atoms with E-state index in [0.717, 1.165) is 10.8 Å². The number of nitrogens with zero attached hydrogens (tertiary/aromatic N) is 3. The van der Waals surface area contributed by atoms with Crippen molar-refractivity contribution >= 4 is 33.7 Å². The highest BCUT2D eigenvalue weighted by Crippen LogP contribution is 2.29. The van der Waals surface area contributed by atoms with Crippen LogP contribution in [0.5, 0.6) is 0 Å². The van der Waals surface area contributed by atoms with E-state index in [-0.39, 0.29) is 23.5 Å². The van der Waals surface area contributed by atoms with Crippen molar-refractivity contribution in [1.82, 2.24) is 20.3 Å². The van der Waals surface area contributed by atoms with Gasteiger partial charge in [0.2, 0.25) is 0 Å². The molecule has 0 aliphatic rings. The number of aromatic carboxylic acids is 1. The van der Waals surface area contributed by atoms with Crippen LogP contribution in [-0.4, -0.2) is 32.0 Å². The molecule has 0 spiro atoms. The molecule has 0 saturated carbocycles. The summed E-state index contributed by atoms with van der Waals surface area (Å²) in [6.07, 6.45) is 0. The Labute approximate surface area is 239 Å². The average molecular weight is 563 g/mol. The van der Waals surface area contributed by atoms with E-state index in [1.54, 1.807) is 49.4 Å². The van der Waals surface area contributed by atoms with Gasteiger partial charge in [0.05, 0.1) is 23.7 Å². The molecule has 7 nitrogen and oxygen atoms in total. The fourth-order valence-electron chi connectivity index (χ4n) is 5.02. The number of amides is 1. The Hall–Kier alpha value is -5.44. The van der Waals surface area contributed by atoms with E-state index in [2.05, 4.69) is 15.6 Å². The molecule has 5 aromatic carbocycles. The summed E-state index contributed by atoms with van der Waals surface area (Å²) in [7, 11) is 0. The molecule has 0 fully saturated rings. The molecule has 1 atom stereocenters. The molecule has 0 unspecified atom stereocenters. The van der Waals surface area contributed by atoms with Crippen molar-refractivity contribution in [2.24, 2.45) is 0 Å². The van der Waals surface area contributed by atoms with Crippen LogP contribution in [0.4, 0.5) is 8.78 Å². The number of hydrogen-bond acceptors (Lipinski definition) is 4. The van der Waals surface area contributed by atoms with Crippen molar-refractivity contribution in [2.45, 2.75) is 19.5 Å². The molecule has 1 heterocycles. The molecule has 42 heavy (non-hydrogen) atoms. The van der Waals surface area contributed by atoms with Gasteiger partial charge in [-0.3, -0.25) is 4.79 Å². The van der Waals surface area contributed by atoms with Crippen molar-refractivity contribution in [3.63, 3.8) is 0 Å². The number of carboxylic acid groups (broad SMARTS) is 1. The van der Waals surface area contributed by atoms with Crippen LogP contribution in [0.1, 0.15) is 44.8 Å². The first-order chi connectivity index (χ1) is 20.3. The van der Waals surface area contributed by atoms with Crippen LogP contribution in [0.25, 0.3) is 32.9 Å². The van der Waals surface area contributed by atoms with E-state index < -0.39 is 23.7 Å². The number of hydrogen-bond donors (Lipinski definition) is 2. The van der Waals surface area contributed by atoms with Crippen molar-refractivity contribution in [1.29, 1.82) is 0 Å². The Balaban J connectivity index is 1.41. The normalized spacial score (nSPS) is 12.0. The Morgan fingerprint density at radius 2 is 1.57 bits per heavy atom. The Morgan fingerprint density at radius 3 is 2.26 bits per heavy atom. The Kier molecular flexibility index (Phi) is 6.92. The predicted octanol–water partition coefficient (Wildman–Crippen LogP) is 6.77. The average Bonchev–Trinajstić information content (AvgIpc) is 3.40. The third-order valence-electron chi connectivity index (χ3n) is 7.27. The first-order valence-electron chi connectivity index (χ1n) is 13.2. The maximum atomic E-state index is 15.1. The van der Waals surface area contributed by atoms with Gasteiger partial charge in [0.1, 0.15) is 22.7 Å². The van der Waals surface area contributed by atoms with Gasteiger partial charge in [-0.2, -0.15) is 0 Å². The first-order valence-corrected chi connectivity index (χ1v) is 13.2. The van der Waals surface area contributed by atoms with Crippen molar-refractivity contribution in [2.75, 3.05) is 0 Å². The van der Waals surface area contributed by atoms with Gasteiger partial charge < -0.3 is 10.4 Å².